The van der Waals surface area contributed by atoms with Crippen LogP contribution in [0.15, 0.2) is 64.5 Å². The second-order valence-electron chi connectivity index (χ2n) is 7.58. The van der Waals surface area contributed by atoms with Gasteiger partial charge in [-0.1, -0.05) is 18.2 Å². The Morgan fingerprint density at radius 2 is 2.07 bits per heavy atom. The molecule has 1 fully saturated rings. The van der Waals surface area contributed by atoms with E-state index in [0.717, 1.165) is 28.6 Å². The number of nitrogens with one attached hydrogen (secondary N) is 4. The molecule has 0 bridgehead atoms. The first kappa shape index (κ1) is 16.4. The molecule has 0 atom stereocenters. The molecule has 3 aromatic heterocycles. The lowest BCUT2D eigenvalue weighted by molar-refractivity contribution is 0.568. The Labute approximate surface area is 167 Å². The van der Waals surface area contributed by atoms with Gasteiger partial charge in [0.1, 0.15) is 5.69 Å². The molecule has 0 amide bonds. The van der Waals surface area contributed by atoms with E-state index in [1.165, 1.54) is 34.9 Å². The summed E-state index contributed by atoms with van der Waals surface area (Å²) in [5, 5.41) is 5.38. The number of nitrogens with zero attached hydrogens (tertiary/aromatic N) is 2. The second-order valence-corrected chi connectivity index (χ2v) is 7.58. The first-order chi connectivity index (χ1) is 14.3. The monoisotopic (exact) mass is 384 g/mol. The summed E-state index contributed by atoms with van der Waals surface area (Å²) in [4.78, 5) is 8.44. The van der Waals surface area contributed by atoms with Gasteiger partial charge in [-0.15, -0.1) is 10.6 Å². The highest BCUT2D eigenvalue weighted by Gasteiger charge is 2.24. The maximum absolute atomic E-state index is 5.36. The zero-order chi connectivity index (χ0) is 19.2. The molecule has 4 aromatic rings. The summed E-state index contributed by atoms with van der Waals surface area (Å²) in [5.41, 5.74) is 16.1. The normalized spacial score (nSPS) is 15.9. The van der Waals surface area contributed by atoms with Crippen LogP contribution < -0.4 is 16.5 Å². The highest BCUT2D eigenvalue weighted by Crippen LogP contribution is 2.42. The largest absolute Gasteiger partial charge is 0.472 e. The van der Waals surface area contributed by atoms with Crippen LogP contribution in [-0.4, -0.2) is 15.8 Å². The Balaban J connectivity index is 1.44. The van der Waals surface area contributed by atoms with Crippen LogP contribution >= 0.6 is 0 Å². The maximum Gasteiger partial charge on any atom is 0.189 e. The van der Waals surface area contributed by atoms with Crippen molar-refractivity contribution in [3.05, 3.63) is 77.5 Å². The van der Waals surface area contributed by atoms with Gasteiger partial charge >= 0.3 is 0 Å². The predicted octanol–water partition coefficient (Wildman–Crippen LogP) is 3.57. The van der Waals surface area contributed by atoms with Gasteiger partial charge < -0.3 is 9.40 Å². The van der Waals surface area contributed by atoms with Crippen LogP contribution in [0.2, 0.25) is 0 Å². The molecule has 6 rings (SSSR count). The van der Waals surface area contributed by atoms with E-state index in [-0.39, 0.29) is 0 Å². The summed E-state index contributed by atoms with van der Waals surface area (Å²) in [7, 11) is 0. The van der Waals surface area contributed by atoms with Gasteiger partial charge in [0.2, 0.25) is 0 Å². The van der Waals surface area contributed by atoms with Crippen molar-refractivity contribution in [2.45, 2.75) is 25.2 Å². The van der Waals surface area contributed by atoms with Gasteiger partial charge in [-0.3, -0.25) is 5.43 Å². The van der Waals surface area contributed by atoms with Crippen LogP contribution in [0.1, 0.15) is 41.3 Å². The van der Waals surface area contributed by atoms with Crippen LogP contribution in [-0.2, 0) is 6.42 Å². The lowest BCUT2D eigenvalue weighted by atomic mass is 10.0. The number of pyridine rings is 1. The molecule has 0 saturated heterocycles. The Hall–Kier alpha value is -3.58. The summed E-state index contributed by atoms with van der Waals surface area (Å²) in [6.07, 6.45) is 6.81. The maximum atomic E-state index is 5.36. The van der Waals surface area contributed by atoms with Crippen LogP contribution in [0.5, 0.6) is 0 Å². The number of benzene rings is 1. The summed E-state index contributed by atoms with van der Waals surface area (Å²) in [6.45, 7) is 0. The summed E-state index contributed by atoms with van der Waals surface area (Å²) < 4.78 is 5.36. The zero-order valence-corrected chi connectivity index (χ0v) is 15.7. The molecule has 1 aliphatic heterocycles. The summed E-state index contributed by atoms with van der Waals surface area (Å²) in [6, 6.07) is 14.8. The molecular formula is C22H20N6O. The van der Waals surface area contributed by atoms with Gasteiger partial charge in [-0.05, 0) is 54.2 Å². The minimum atomic E-state index is 0.676. The number of fused-ring (bicyclic) bond motifs is 1. The van der Waals surface area contributed by atoms with E-state index < -0.39 is 0 Å². The van der Waals surface area contributed by atoms with Gasteiger partial charge in [-0.2, -0.15) is 0 Å². The van der Waals surface area contributed by atoms with Gasteiger partial charge in [0.05, 0.1) is 18.2 Å². The van der Waals surface area contributed by atoms with E-state index >= 15 is 0 Å². The average molecular weight is 384 g/mol. The standard InChI is InChI=1S/C22H20N6O/c1-2-16(23-19(3-1)22-25-27-28-26-22)11-18-17-7-6-14(13-4-5-13)10-20(17)24-21(18)15-8-9-29-12-15/h1-3,6-10,12-13,24,27-28H,4-5,11H2,(H,25,26). The number of aromatic nitrogens is 2. The third kappa shape index (κ3) is 2.96. The molecule has 7 heteroatoms. The number of hydrogen-bond donors (Lipinski definition) is 4. The zero-order valence-electron chi connectivity index (χ0n) is 15.7. The van der Waals surface area contributed by atoms with Crippen molar-refractivity contribution < 1.29 is 4.42 Å². The van der Waals surface area contributed by atoms with Crippen molar-refractivity contribution >= 4 is 16.7 Å². The minimum absolute atomic E-state index is 0.676. The molecule has 4 N–H and O–H groups in total. The molecule has 0 radical (unpaired) electrons. The minimum Gasteiger partial charge on any atom is -0.472 e. The van der Waals surface area contributed by atoms with Crippen LogP contribution in [0.4, 0.5) is 0 Å². The van der Waals surface area contributed by atoms with Crippen LogP contribution in [0, 0.1) is 0 Å². The number of hydrogen-bond acceptors (Lipinski definition) is 6. The molecule has 1 aromatic carbocycles. The van der Waals surface area contributed by atoms with E-state index in [0.29, 0.717) is 12.3 Å². The van der Waals surface area contributed by atoms with Crippen LogP contribution in [0.3, 0.4) is 0 Å². The molecule has 144 valence electrons. The Bertz CT molecular complexity index is 1220. The van der Waals surface area contributed by atoms with Crippen molar-refractivity contribution in [3.63, 3.8) is 0 Å². The number of furan rings is 1. The van der Waals surface area contributed by atoms with Crippen molar-refractivity contribution in [2.24, 2.45) is 5.10 Å². The topological polar surface area (TPSA) is 90.3 Å². The molecule has 1 aliphatic carbocycles. The Morgan fingerprint density at radius 3 is 2.86 bits per heavy atom. The van der Waals surface area contributed by atoms with E-state index in [1.54, 1.807) is 12.5 Å². The summed E-state index contributed by atoms with van der Waals surface area (Å²) >= 11 is 0. The fourth-order valence-corrected chi connectivity index (χ4v) is 3.99. The number of aromatic amines is 1. The van der Waals surface area contributed by atoms with E-state index in [2.05, 4.69) is 50.8 Å². The first-order valence-corrected chi connectivity index (χ1v) is 9.82. The van der Waals surface area contributed by atoms with Crippen molar-refractivity contribution in [2.75, 3.05) is 0 Å². The SMILES string of the molecule is c1cc(Cc2c(-c3ccoc3)[nH]c3cc(C4CC4)ccc23)nc(C2=NNNN2)c1. The summed E-state index contributed by atoms with van der Waals surface area (Å²) in [5.74, 6) is 1.40. The first-order valence-electron chi connectivity index (χ1n) is 9.82. The smallest absolute Gasteiger partial charge is 0.189 e. The van der Waals surface area contributed by atoms with E-state index in [1.807, 2.05) is 18.2 Å². The predicted molar refractivity (Wildman–Crippen MR) is 111 cm³/mol. The van der Waals surface area contributed by atoms with E-state index in [4.69, 9.17) is 9.40 Å². The number of amidine groups is 1. The molecule has 4 heterocycles. The molecule has 0 spiro atoms. The Kier molecular flexibility index (Phi) is 3.67. The number of hydrazone groups is 1. The molecule has 7 nitrogen and oxygen atoms in total. The number of H-pyrrole nitrogens is 1. The number of rotatable bonds is 5. The van der Waals surface area contributed by atoms with Gasteiger partial charge in [0.15, 0.2) is 5.84 Å². The van der Waals surface area contributed by atoms with Gasteiger partial charge in [0.25, 0.3) is 0 Å². The molecule has 2 aliphatic rings. The number of hydrazine groups is 2. The van der Waals surface area contributed by atoms with Crippen molar-refractivity contribution in [3.8, 4) is 11.3 Å². The third-order valence-corrected chi connectivity index (χ3v) is 5.60. The lowest BCUT2D eigenvalue weighted by Gasteiger charge is -2.06. The highest BCUT2D eigenvalue weighted by atomic mass is 16.3. The van der Waals surface area contributed by atoms with Crippen molar-refractivity contribution in [1.82, 2.24) is 26.5 Å². The quantitative estimate of drug-likeness (QED) is 0.422. The average Bonchev–Trinajstić information content (AvgIpc) is 3.14. The fourth-order valence-electron chi connectivity index (χ4n) is 3.99. The van der Waals surface area contributed by atoms with Crippen LogP contribution in [0.25, 0.3) is 22.2 Å². The van der Waals surface area contributed by atoms with Gasteiger partial charge in [-0.25, -0.2) is 10.5 Å². The molecular weight excluding hydrogens is 364 g/mol. The molecule has 0 unspecified atom stereocenters. The second kappa shape index (κ2) is 6.49. The lowest BCUT2D eigenvalue weighted by Crippen LogP contribution is -2.35. The molecule has 1 saturated carbocycles. The van der Waals surface area contributed by atoms with E-state index in [9.17, 15) is 0 Å². The van der Waals surface area contributed by atoms with Crippen molar-refractivity contribution in [1.29, 1.82) is 0 Å². The highest BCUT2D eigenvalue weighted by molar-refractivity contribution is 5.97. The van der Waals surface area contributed by atoms with Gasteiger partial charge in [0, 0.05) is 28.6 Å². The molecule has 29 heavy (non-hydrogen) atoms. The fraction of sp³-hybridized carbons (Fsp3) is 0.182. The third-order valence-electron chi connectivity index (χ3n) is 5.60. The Morgan fingerprint density at radius 1 is 1.10 bits per heavy atom.